The molecule has 1 atom stereocenters. The number of nitrogens with one attached hydrogen (secondary N) is 1. The van der Waals surface area contributed by atoms with Gasteiger partial charge in [-0.3, -0.25) is 0 Å². The van der Waals surface area contributed by atoms with Crippen molar-refractivity contribution in [1.82, 2.24) is 4.72 Å². The minimum Gasteiger partial charge on any atom is -0.497 e. The van der Waals surface area contributed by atoms with Crippen LogP contribution in [0, 0.1) is 5.82 Å². The van der Waals surface area contributed by atoms with Gasteiger partial charge in [0.1, 0.15) is 18.1 Å². The summed E-state index contributed by atoms with van der Waals surface area (Å²) in [5, 5.41) is 0. The quantitative estimate of drug-likeness (QED) is 0.774. The summed E-state index contributed by atoms with van der Waals surface area (Å²) in [6.45, 7) is 1.77. The molecule has 0 heterocycles. The Labute approximate surface area is 146 Å². The van der Waals surface area contributed by atoms with E-state index < -0.39 is 21.9 Å². The minimum atomic E-state index is -3.87. The third kappa shape index (κ3) is 5.07. The summed E-state index contributed by atoms with van der Waals surface area (Å²) in [5.41, 5.74) is 0. The third-order valence-corrected chi connectivity index (χ3v) is 4.94. The zero-order chi connectivity index (χ0) is 18.4. The zero-order valence-electron chi connectivity index (χ0n) is 14.2. The molecule has 0 amide bonds. The first-order valence-corrected chi connectivity index (χ1v) is 8.96. The minimum absolute atomic E-state index is 0.0187. The topological polar surface area (TPSA) is 73.9 Å². The second-order valence-electron chi connectivity index (χ2n) is 5.31. The summed E-state index contributed by atoms with van der Waals surface area (Å²) in [6.07, 6.45) is 0. The molecular weight excluding hydrogens is 349 g/mol. The third-order valence-electron chi connectivity index (χ3n) is 3.35. The Morgan fingerprint density at radius 1 is 1.04 bits per heavy atom. The van der Waals surface area contributed by atoms with E-state index in [1.54, 1.807) is 38.3 Å². The van der Waals surface area contributed by atoms with Crippen LogP contribution in [-0.4, -0.2) is 35.3 Å². The van der Waals surface area contributed by atoms with Gasteiger partial charge < -0.3 is 14.2 Å². The Kier molecular flexibility index (Phi) is 6.22. The van der Waals surface area contributed by atoms with Crippen LogP contribution in [0.5, 0.6) is 17.2 Å². The molecule has 0 aliphatic rings. The van der Waals surface area contributed by atoms with Gasteiger partial charge in [-0.2, -0.15) is 0 Å². The van der Waals surface area contributed by atoms with Crippen LogP contribution in [0.1, 0.15) is 6.92 Å². The van der Waals surface area contributed by atoms with Crippen LogP contribution >= 0.6 is 0 Å². The van der Waals surface area contributed by atoms with Crippen molar-refractivity contribution in [3.05, 3.63) is 48.3 Å². The summed E-state index contributed by atoms with van der Waals surface area (Å²) < 4.78 is 56.1. The number of sulfonamides is 1. The summed E-state index contributed by atoms with van der Waals surface area (Å²) in [4.78, 5) is -0.179. The van der Waals surface area contributed by atoms with E-state index in [-0.39, 0.29) is 17.3 Å². The maximum absolute atomic E-state index is 13.7. The lowest BCUT2D eigenvalue weighted by atomic mass is 10.3. The molecule has 0 bridgehead atoms. The number of hydrogen-bond acceptors (Lipinski definition) is 5. The Morgan fingerprint density at radius 2 is 1.68 bits per heavy atom. The average molecular weight is 369 g/mol. The fourth-order valence-electron chi connectivity index (χ4n) is 2.07. The second kappa shape index (κ2) is 8.17. The number of ether oxygens (including phenoxy) is 3. The summed E-state index contributed by atoms with van der Waals surface area (Å²) in [5.74, 6) is 0.521. The van der Waals surface area contributed by atoms with Crippen LogP contribution < -0.4 is 18.9 Å². The van der Waals surface area contributed by atoms with Crippen molar-refractivity contribution in [1.29, 1.82) is 0 Å². The molecule has 0 radical (unpaired) electrons. The molecule has 25 heavy (non-hydrogen) atoms. The summed E-state index contributed by atoms with van der Waals surface area (Å²) >= 11 is 0. The molecule has 0 aliphatic heterocycles. The normalized spacial score (nSPS) is 12.5. The van der Waals surface area contributed by atoms with E-state index in [9.17, 15) is 12.8 Å². The molecule has 0 aliphatic carbocycles. The van der Waals surface area contributed by atoms with E-state index in [1.807, 2.05) is 0 Å². The lowest BCUT2D eigenvalue weighted by molar-refractivity contribution is 0.287. The lowest BCUT2D eigenvalue weighted by Crippen LogP contribution is -2.36. The summed E-state index contributed by atoms with van der Waals surface area (Å²) in [7, 11) is -0.994. The molecule has 1 N–H and O–H groups in total. The van der Waals surface area contributed by atoms with Crippen molar-refractivity contribution in [2.24, 2.45) is 0 Å². The van der Waals surface area contributed by atoms with Crippen molar-refractivity contribution in [3.63, 3.8) is 0 Å². The number of hydrogen-bond donors (Lipinski definition) is 1. The lowest BCUT2D eigenvalue weighted by Gasteiger charge is -2.16. The number of benzene rings is 2. The molecule has 0 spiro atoms. The maximum Gasteiger partial charge on any atom is 0.241 e. The van der Waals surface area contributed by atoms with Crippen molar-refractivity contribution in [2.75, 3.05) is 20.8 Å². The van der Waals surface area contributed by atoms with E-state index in [1.165, 1.54) is 19.2 Å². The first-order chi connectivity index (χ1) is 11.9. The summed E-state index contributed by atoms with van der Waals surface area (Å²) in [6, 6.07) is 9.87. The van der Waals surface area contributed by atoms with Gasteiger partial charge in [0.15, 0.2) is 11.6 Å². The van der Waals surface area contributed by atoms with Crippen LogP contribution in [-0.2, 0) is 10.0 Å². The Bertz CT molecular complexity index is 808. The number of rotatable bonds is 8. The van der Waals surface area contributed by atoms with Crippen molar-refractivity contribution in [3.8, 4) is 17.2 Å². The Hall–Kier alpha value is -2.32. The highest BCUT2D eigenvalue weighted by molar-refractivity contribution is 7.89. The van der Waals surface area contributed by atoms with Crippen molar-refractivity contribution >= 4 is 10.0 Å². The van der Waals surface area contributed by atoms with E-state index in [0.29, 0.717) is 11.5 Å². The molecule has 2 rings (SSSR count). The van der Waals surface area contributed by atoms with Gasteiger partial charge in [-0.25, -0.2) is 17.5 Å². The van der Waals surface area contributed by atoms with E-state index in [0.717, 1.165) is 6.07 Å². The molecule has 6 nitrogen and oxygen atoms in total. The van der Waals surface area contributed by atoms with Gasteiger partial charge >= 0.3 is 0 Å². The highest BCUT2D eigenvalue weighted by Gasteiger charge is 2.19. The predicted octanol–water partition coefficient (Wildman–Crippen LogP) is 2.59. The average Bonchev–Trinajstić information content (AvgIpc) is 2.60. The van der Waals surface area contributed by atoms with E-state index in [2.05, 4.69) is 4.72 Å². The van der Waals surface area contributed by atoms with E-state index in [4.69, 9.17) is 14.2 Å². The van der Waals surface area contributed by atoms with Crippen LogP contribution in [0.15, 0.2) is 47.4 Å². The zero-order valence-corrected chi connectivity index (χ0v) is 15.0. The van der Waals surface area contributed by atoms with Gasteiger partial charge in [0.05, 0.1) is 25.2 Å². The number of halogens is 1. The SMILES string of the molecule is COc1ccc(OC[C@H](C)NS(=O)(=O)c2ccc(OC)c(F)c2)cc1. The molecule has 0 unspecified atom stereocenters. The van der Waals surface area contributed by atoms with Crippen molar-refractivity contribution < 1.29 is 27.0 Å². The van der Waals surface area contributed by atoms with Gasteiger partial charge in [0.2, 0.25) is 10.0 Å². The molecule has 0 saturated carbocycles. The van der Waals surface area contributed by atoms with Crippen LogP contribution in [0.2, 0.25) is 0 Å². The monoisotopic (exact) mass is 369 g/mol. The number of methoxy groups -OCH3 is 2. The van der Waals surface area contributed by atoms with Gasteiger partial charge in [-0.05, 0) is 49.4 Å². The molecule has 0 saturated heterocycles. The largest absolute Gasteiger partial charge is 0.497 e. The second-order valence-corrected chi connectivity index (χ2v) is 7.02. The van der Waals surface area contributed by atoms with Crippen LogP contribution in [0.4, 0.5) is 4.39 Å². The molecule has 8 heteroatoms. The van der Waals surface area contributed by atoms with Gasteiger partial charge in [-0.15, -0.1) is 0 Å². The highest BCUT2D eigenvalue weighted by atomic mass is 32.2. The van der Waals surface area contributed by atoms with Gasteiger partial charge in [-0.1, -0.05) is 0 Å². The molecule has 2 aromatic rings. The first kappa shape index (κ1) is 19.0. The van der Waals surface area contributed by atoms with E-state index >= 15 is 0 Å². The van der Waals surface area contributed by atoms with Crippen LogP contribution in [0.25, 0.3) is 0 Å². The van der Waals surface area contributed by atoms with Gasteiger partial charge in [0.25, 0.3) is 0 Å². The molecule has 0 fully saturated rings. The molecule has 2 aromatic carbocycles. The standard InChI is InChI=1S/C17H20FNO5S/c1-12(11-24-14-6-4-13(22-2)5-7-14)19-25(20,21)15-8-9-17(23-3)16(18)10-15/h4-10,12,19H,11H2,1-3H3/t12-/m0/s1. The maximum atomic E-state index is 13.7. The molecule has 0 aromatic heterocycles. The van der Waals surface area contributed by atoms with Crippen LogP contribution in [0.3, 0.4) is 0 Å². The Morgan fingerprint density at radius 3 is 2.24 bits per heavy atom. The fourth-order valence-corrected chi connectivity index (χ4v) is 3.31. The predicted molar refractivity (Wildman–Crippen MR) is 91.2 cm³/mol. The Balaban J connectivity index is 1.98. The van der Waals surface area contributed by atoms with Gasteiger partial charge in [0, 0.05) is 0 Å². The molecule has 136 valence electrons. The first-order valence-electron chi connectivity index (χ1n) is 7.48. The molecular formula is C17H20FNO5S. The highest BCUT2D eigenvalue weighted by Crippen LogP contribution is 2.21. The van der Waals surface area contributed by atoms with Crippen molar-refractivity contribution in [2.45, 2.75) is 17.9 Å². The fraction of sp³-hybridized carbons (Fsp3) is 0.294. The smallest absolute Gasteiger partial charge is 0.241 e.